The predicted octanol–water partition coefficient (Wildman–Crippen LogP) is 3.66. The zero-order valence-corrected chi connectivity index (χ0v) is 14.8. The van der Waals surface area contributed by atoms with Gasteiger partial charge >= 0.3 is 6.36 Å². The Morgan fingerprint density at radius 1 is 1.07 bits per heavy atom. The van der Waals surface area contributed by atoms with E-state index in [1.807, 2.05) is 29.6 Å². The number of rotatable bonds is 6. The van der Waals surface area contributed by atoms with E-state index in [0.29, 0.717) is 24.6 Å². The van der Waals surface area contributed by atoms with Gasteiger partial charge in [-0.05, 0) is 42.5 Å². The van der Waals surface area contributed by atoms with E-state index < -0.39 is 6.36 Å². The third-order valence-electron chi connectivity index (χ3n) is 3.79. The summed E-state index contributed by atoms with van der Waals surface area (Å²) in [4.78, 5) is 6.46. The van der Waals surface area contributed by atoms with Crippen LogP contribution in [0.3, 0.4) is 0 Å². The van der Waals surface area contributed by atoms with Crippen LogP contribution in [0.25, 0.3) is 11.0 Å². The van der Waals surface area contributed by atoms with Crippen LogP contribution in [0.1, 0.15) is 0 Å². The zero-order valence-electron chi connectivity index (χ0n) is 14.8. The maximum atomic E-state index is 12.2. The molecule has 0 radical (unpaired) electrons. The van der Waals surface area contributed by atoms with E-state index in [1.54, 1.807) is 12.1 Å². The van der Waals surface area contributed by atoms with Crippen LogP contribution < -0.4 is 20.1 Å². The summed E-state index contributed by atoms with van der Waals surface area (Å²) >= 11 is 0. The van der Waals surface area contributed by atoms with E-state index in [4.69, 9.17) is 10.5 Å². The monoisotopic (exact) mass is 380 g/mol. The molecule has 3 aromatic rings. The Morgan fingerprint density at radius 3 is 2.37 bits per heavy atom. The molecule has 3 rings (SSSR count). The molecule has 0 aliphatic rings. The molecule has 0 saturated carbocycles. The molecule has 144 valence electrons. The average molecular weight is 380 g/mol. The molecule has 0 amide bonds. The van der Waals surface area contributed by atoms with E-state index in [2.05, 4.69) is 9.72 Å². The minimum atomic E-state index is -4.71. The number of hydrogen-bond acceptors (Lipinski definition) is 5. The molecular formula is C18H19F3N4O2. The molecule has 2 N–H and O–H groups in total. The van der Waals surface area contributed by atoms with Crippen molar-refractivity contribution in [2.75, 3.05) is 31.3 Å². The van der Waals surface area contributed by atoms with Crippen LogP contribution in [0.5, 0.6) is 11.5 Å². The van der Waals surface area contributed by atoms with Crippen molar-refractivity contribution in [3.8, 4) is 11.5 Å². The van der Waals surface area contributed by atoms with Crippen LogP contribution >= 0.6 is 0 Å². The zero-order chi connectivity index (χ0) is 19.6. The quantitative estimate of drug-likeness (QED) is 0.661. The number of halogens is 3. The van der Waals surface area contributed by atoms with Gasteiger partial charge in [0.1, 0.15) is 18.1 Å². The normalized spacial score (nSPS) is 11.6. The number of fused-ring (bicyclic) bond motifs is 1. The molecule has 9 heteroatoms. The summed E-state index contributed by atoms with van der Waals surface area (Å²) in [7, 11) is 3.78. The van der Waals surface area contributed by atoms with Crippen LogP contribution in [0.15, 0.2) is 42.5 Å². The van der Waals surface area contributed by atoms with Crippen LogP contribution in [0.2, 0.25) is 0 Å². The first-order valence-corrected chi connectivity index (χ1v) is 8.14. The Labute approximate surface area is 153 Å². The average Bonchev–Trinajstić information content (AvgIpc) is 2.93. The summed E-state index contributed by atoms with van der Waals surface area (Å²) in [5, 5.41) is 0. The van der Waals surface area contributed by atoms with Crippen molar-refractivity contribution in [2.45, 2.75) is 12.9 Å². The molecule has 1 aromatic heterocycles. The molecule has 0 unspecified atom stereocenters. The van der Waals surface area contributed by atoms with Crippen LogP contribution in [-0.4, -0.2) is 36.6 Å². The SMILES string of the molecule is CN(C)c1nc2cc(N)ccc2n1CCOc1ccc(OC(F)(F)F)cc1. The number of ether oxygens (including phenoxy) is 2. The number of nitrogen functional groups attached to an aromatic ring is 1. The topological polar surface area (TPSA) is 65.5 Å². The fourth-order valence-electron chi connectivity index (χ4n) is 2.69. The van der Waals surface area contributed by atoms with Gasteiger partial charge in [-0.15, -0.1) is 13.2 Å². The molecule has 27 heavy (non-hydrogen) atoms. The number of alkyl halides is 3. The first-order chi connectivity index (χ1) is 12.7. The summed E-state index contributed by atoms with van der Waals surface area (Å²) in [5.74, 6) is 0.917. The Bertz CT molecular complexity index is 921. The highest BCUT2D eigenvalue weighted by Gasteiger charge is 2.30. The number of nitrogens with zero attached hydrogens (tertiary/aromatic N) is 3. The van der Waals surface area contributed by atoms with Gasteiger partial charge in [0, 0.05) is 19.8 Å². The number of aromatic nitrogens is 2. The number of anilines is 2. The predicted molar refractivity (Wildman–Crippen MR) is 97.1 cm³/mol. The van der Waals surface area contributed by atoms with Gasteiger partial charge in [0.2, 0.25) is 5.95 Å². The number of nitrogens with two attached hydrogens (primary N) is 1. The Morgan fingerprint density at radius 2 is 1.74 bits per heavy atom. The Kier molecular flexibility index (Phi) is 5.02. The van der Waals surface area contributed by atoms with E-state index in [9.17, 15) is 13.2 Å². The van der Waals surface area contributed by atoms with Crippen molar-refractivity contribution in [2.24, 2.45) is 0 Å². The van der Waals surface area contributed by atoms with Crippen molar-refractivity contribution in [3.05, 3.63) is 42.5 Å². The lowest BCUT2D eigenvalue weighted by atomic mass is 10.3. The van der Waals surface area contributed by atoms with Gasteiger partial charge in [-0.3, -0.25) is 0 Å². The largest absolute Gasteiger partial charge is 0.573 e. The van der Waals surface area contributed by atoms with Crippen molar-refractivity contribution < 1.29 is 22.6 Å². The third kappa shape index (κ3) is 4.55. The summed E-state index contributed by atoms with van der Waals surface area (Å²) in [6.07, 6.45) is -4.71. The van der Waals surface area contributed by atoms with Gasteiger partial charge in [-0.2, -0.15) is 0 Å². The lowest BCUT2D eigenvalue weighted by molar-refractivity contribution is -0.274. The van der Waals surface area contributed by atoms with Crippen LogP contribution in [0, 0.1) is 0 Å². The molecule has 1 heterocycles. The van der Waals surface area contributed by atoms with E-state index in [0.717, 1.165) is 17.0 Å². The lowest BCUT2D eigenvalue weighted by Crippen LogP contribution is -2.18. The highest BCUT2D eigenvalue weighted by molar-refractivity contribution is 5.82. The molecule has 2 aromatic carbocycles. The van der Waals surface area contributed by atoms with Gasteiger partial charge in [0.15, 0.2) is 0 Å². The van der Waals surface area contributed by atoms with E-state index >= 15 is 0 Å². The molecule has 0 fully saturated rings. The number of hydrogen-bond donors (Lipinski definition) is 1. The van der Waals surface area contributed by atoms with Crippen LogP contribution in [0.4, 0.5) is 24.8 Å². The van der Waals surface area contributed by atoms with Crippen molar-refractivity contribution >= 4 is 22.7 Å². The summed E-state index contributed by atoms with van der Waals surface area (Å²) < 4.78 is 48.0. The van der Waals surface area contributed by atoms with Gasteiger partial charge in [-0.1, -0.05) is 0 Å². The number of imidazole rings is 1. The summed E-state index contributed by atoms with van der Waals surface area (Å²) in [5.41, 5.74) is 8.16. The lowest BCUT2D eigenvalue weighted by Gasteiger charge is -2.15. The first kappa shape index (κ1) is 18.7. The summed E-state index contributed by atoms with van der Waals surface area (Å²) in [6.45, 7) is 0.824. The Hall–Kier alpha value is -3.10. The standard InChI is InChI=1S/C18H19F3N4O2/c1-24(2)17-23-15-11-12(22)3-8-16(15)25(17)9-10-26-13-4-6-14(7-5-13)27-18(19,20)21/h3-8,11H,9-10,22H2,1-2H3. The summed E-state index contributed by atoms with van der Waals surface area (Å²) in [6, 6.07) is 10.8. The minimum absolute atomic E-state index is 0.289. The maximum Gasteiger partial charge on any atom is 0.573 e. The second-order valence-corrected chi connectivity index (χ2v) is 6.07. The minimum Gasteiger partial charge on any atom is -0.492 e. The molecule has 0 aliphatic carbocycles. The van der Waals surface area contributed by atoms with Crippen molar-refractivity contribution in [3.63, 3.8) is 0 Å². The third-order valence-corrected chi connectivity index (χ3v) is 3.79. The van der Waals surface area contributed by atoms with Crippen LogP contribution in [-0.2, 0) is 6.54 Å². The fourth-order valence-corrected chi connectivity index (χ4v) is 2.69. The second kappa shape index (κ2) is 7.26. The Balaban J connectivity index is 1.69. The first-order valence-electron chi connectivity index (χ1n) is 8.14. The molecule has 0 spiro atoms. The van der Waals surface area contributed by atoms with Crippen molar-refractivity contribution in [1.29, 1.82) is 0 Å². The molecule has 0 aliphatic heterocycles. The maximum absolute atomic E-state index is 12.2. The highest BCUT2D eigenvalue weighted by atomic mass is 19.4. The van der Waals surface area contributed by atoms with Gasteiger partial charge < -0.3 is 24.7 Å². The molecule has 0 saturated heterocycles. The fraction of sp³-hybridized carbons (Fsp3) is 0.278. The second-order valence-electron chi connectivity index (χ2n) is 6.07. The van der Waals surface area contributed by atoms with Gasteiger partial charge in [-0.25, -0.2) is 4.98 Å². The van der Waals surface area contributed by atoms with Crippen molar-refractivity contribution in [1.82, 2.24) is 9.55 Å². The van der Waals surface area contributed by atoms with E-state index in [-0.39, 0.29) is 5.75 Å². The molecule has 0 bridgehead atoms. The molecule has 6 nitrogen and oxygen atoms in total. The number of benzene rings is 2. The van der Waals surface area contributed by atoms with E-state index in [1.165, 1.54) is 24.3 Å². The highest BCUT2D eigenvalue weighted by Crippen LogP contribution is 2.26. The smallest absolute Gasteiger partial charge is 0.492 e. The molecular weight excluding hydrogens is 361 g/mol. The van der Waals surface area contributed by atoms with Gasteiger partial charge in [0.25, 0.3) is 0 Å². The van der Waals surface area contributed by atoms with Gasteiger partial charge in [0.05, 0.1) is 17.6 Å². The molecule has 0 atom stereocenters.